The standard InChI is InChI=1S/C24H20N4O4S/c1-31-18-11-6-5-10-17(18)27-14-13-19(23(27)29)32-24(30)21-25-22(20-12-7-15-33-20)28(26-21)16-8-3-2-4-9-16/h2-12,15,19H,13-14H2,1H3. The third kappa shape index (κ3) is 3.98. The third-order valence-corrected chi connectivity index (χ3v) is 6.18. The second-order valence-electron chi connectivity index (χ2n) is 7.33. The fourth-order valence-corrected chi connectivity index (χ4v) is 4.45. The highest BCUT2D eigenvalue weighted by molar-refractivity contribution is 7.13. The van der Waals surface area contributed by atoms with E-state index in [1.807, 2.05) is 60.0 Å². The lowest BCUT2D eigenvalue weighted by Gasteiger charge is -2.19. The van der Waals surface area contributed by atoms with E-state index in [1.54, 1.807) is 28.8 Å². The molecule has 4 aromatic rings. The molecule has 1 aliphatic rings. The molecule has 33 heavy (non-hydrogen) atoms. The molecule has 166 valence electrons. The Bertz CT molecular complexity index is 1290. The summed E-state index contributed by atoms with van der Waals surface area (Å²) in [5.74, 6) is 0.000523. The summed E-state index contributed by atoms with van der Waals surface area (Å²) >= 11 is 1.50. The van der Waals surface area contributed by atoms with Crippen molar-refractivity contribution in [2.45, 2.75) is 12.5 Å². The average Bonchev–Trinajstić information content (AvgIpc) is 3.60. The Labute approximate surface area is 194 Å². The summed E-state index contributed by atoms with van der Waals surface area (Å²) in [6, 6.07) is 20.5. The maximum Gasteiger partial charge on any atom is 0.379 e. The summed E-state index contributed by atoms with van der Waals surface area (Å²) in [5.41, 5.74) is 1.42. The Kier molecular flexibility index (Phi) is 5.62. The number of anilines is 1. The summed E-state index contributed by atoms with van der Waals surface area (Å²) in [6.45, 7) is 0.420. The molecule has 1 unspecified atom stereocenters. The first-order chi connectivity index (χ1) is 16.2. The van der Waals surface area contributed by atoms with Gasteiger partial charge in [0.2, 0.25) is 0 Å². The molecule has 0 N–H and O–H groups in total. The molecule has 0 saturated carbocycles. The van der Waals surface area contributed by atoms with E-state index in [-0.39, 0.29) is 11.7 Å². The number of rotatable bonds is 6. The zero-order chi connectivity index (χ0) is 22.8. The molecular weight excluding hydrogens is 440 g/mol. The largest absolute Gasteiger partial charge is 0.495 e. The van der Waals surface area contributed by atoms with Crippen LogP contribution in [-0.2, 0) is 9.53 Å². The molecule has 0 bridgehead atoms. The van der Waals surface area contributed by atoms with Gasteiger partial charge in [0.25, 0.3) is 11.7 Å². The molecule has 8 nitrogen and oxygen atoms in total. The van der Waals surface area contributed by atoms with Gasteiger partial charge >= 0.3 is 5.97 Å². The molecule has 1 saturated heterocycles. The van der Waals surface area contributed by atoms with E-state index in [4.69, 9.17) is 9.47 Å². The number of nitrogens with zero attached hydrogens (tertiary/aromatic N) is 4. The first kappa shape index (κ1) is 20.9. The Morgan fingerprint density at radius 2 is 1.85 bits per heavy atom. The first-order valence-electron chi connectivity index (χ1n) is 10.4. The summed E-state index contributed by atoms with van der Waals surface area (Å²) in [7, 11) is 1.55. The van der Waals surface area contributed by atoms with E-state index in [9.17, 15) is 9.59 Å². The van der Waals surface area contributed by atoms with Crippen LogP contribution in [0.5, 0.6) is 5.75 Å². The molecule has 1 amide bonds. The number of benzene rings is 2. The van der Waals surface area contributed by atoms with Crippen molar-refractivity contribution >= 4 is 28.9 Å². The van der Waals surface area contributed by atoms with Gasteiger partial charge in [-0.3, -0.25) is 4.79 Å². The number of carbonyl (C=O) groups is 2. The lowest BCUT2D eigenvalue weighted by Crippen LogP contribution is -2.32. The number of methoxy groups -OCH3 is 1. The van der Waals surface area contributed by atoms with Crippen molar-refractivity contribution in [3.63, 3.8) is 0 Å². The van der Waals surface area contributed by atoms with Crippen LogP contribution in [0.2, 0.25) is 0 Å². The summed E-state index contributed by atoms with van der Waals surface area (Å²) in [4.78, 5) is 32.8. The van der Waals surface area contributed by atoms with E-state index in [0.717, 1.165) is 10.6 Å². The fraction of sp³-hybridized carbons (Fsp3) is 0.167. The molecule has 1 fully saturated rings. The van der Waals surface area contributed by atoms with Crippen LogP contribution in [0, 0.1) is 0 Å². The average molecular weight is 461 g/mol. The summed E-state index contributed by atoms with van der Waals surface area (Å²) < 4.78 is 12.5. The molecular formula is C24H20N4O4S. The van der Waals surface area contributed by atoms with E-state index in [0.29, 0.717) is 30.2 Å². The van der Waals surface area contributed by atoms with Crippen LogP contribution >= 0.6 is 11.3 Å². The van der Waals surface area contributed by atoms with Crippen molar-refractivity contribution < 1.29 is 19.1 Å². The maximum atomic E-state index is 13.0. The molecule has 1 atom stereocenters. The Morgan fingerprint density at radius 1 is 1.06 bits per heavy atom. The third-order valence-electron chi connectivity index (χ3n) is 5.31. The van der Waals surface area contributed by atoms with E-state index < -0.39 is 12.1 Å². The van der Waals surface area contributed by atoms with Crippen molar-refractivity contribution in [1.82, 2.24) is 14.8 Å². The van der Waals surface area contributed by atoms with Gasteiger partial charge < -0.3 is 14.4 Å². The van der Waals surface area contributed by atoms with Gasteiger partial charge in [-0.1, -0.05) is 36.4 Å². The van der Waals surface area contributed by atoms with Crippen LogP contribution in [0.15, 0.2) is 72.1 Å². The number of hydrogen-bond donors (Lipinski definition) is 0. The van der Waals surface area contributed by atoms with E-state index in [2.05, 4.69) is 10.1 Å². The van der Waals surface area contributed by atoms with Crippen molar-refractivity contribution in [3.8, 4) is 22.1 Å². The van der Waals surface area contributed by atoms with Gasteiger partial charge in [-0.2, -0.15) is 4.98 Å². The zero-order valence-corrected chi connectivity index (χ0v) is 18.6. The SMILES string of the molecule is COc1ccccc1N1CCC(OC(=O)c2nc(-c3cccs3)n(-c3ccccc3)n2)C1=O. The molecule has 0 spiro atoms. The normalized spacial score (nSPS) is 15.6. The predicted octanol–water partition coefficient (Wildman–Crippen LogP) is 3.97. The zero-order valence-electron chi connectivity index (χ0n) is 17.7. The summed E-state index contributed by atoms with van der Waals surface area (Å²) in [5, 5.41) is 6.33. The lowest BCUT2D eigenvalue weighted by atomic mass is 10.2. The number of carbonyl (C=O) groups excluding carboxylic acids is 2. The van der Waals surface area contributed by atoms with Gasteiger partial charge in [-0.05, 0) is 35.7 Å². The quantitative estimate of drug-likeness (QED) is 0.405. The summed E-state index contributed by atoms with van der Waals surface area (Å²) in [6.07, 6.45) is -0.531. The number of para-hydroxylation sites is 3. The van der Waals surface area contributed by atoms with Crippen LogP contribution in [-0.4, -0.2) is 46.4 Å². The minimum atomic E-state index is -0.906. The molecule has 9 heteroatoms. The molecule has 0 radical (unpaired) electrons. The van der Waals surface area contributed by atoms with Gasteiger partial charge in [0.15, 0.2) is 11.9 Å². The highest BCUT2D eigenvalue weighted by Gasteiger charge is 2.37. The second-order valence-corrected chi connectivity index (χ2v) is 8.28. The van der Waals surface area contributed by atoms with Crippen LogP contribution in [0.3, 0.4) is 0 Å². The number of thiophene rings is 1. The first-order valence-corrected chi connectivity index (χ1v) is 11.3. The van der Waals surface area contributed by atoms with Crippen LogP contribution in [0.4, 0.5) is 5.69 Å². The minimum absolute atomic E-state index is 0.0919. The topological polar surface area (TPSA) is 86.6 Å². The molecule has 5 rings (SSSR count). The number of aromatic nitrogens is 3. The predicted molar refractivity (Wildman–Crippen MR) is 124 cm³/mol. The monoisotopic (exact) mass is 460 g/mol. The van der Waals surface area contributed by atoms with Crippen molar-refractivity contribution in [2.75, 3.05) is 18.6 Å². The number of ether oxygens (including phenoxy) is 2. The molecule has 2 aromatic heterocycles. The van der Waals surface area contributed by atoms with Crippen LogP contribution in [0.25, 0.3) is 16.4 Å². The smallest absolute Gasteiger partial charge is 0.379 e. The minimum Gasteiger partial charge on any atom is -0.495 e. The Balaban J connectivity index is 1.39. The van der Waals surface area contributed by atoms with Crippen molar-refractivity contribution in [2.24, 2.45) is 0 Å². The number of esters is 1. The van der Waals surface area contributed by atoms with E-state index >= 15 is 0 Å². The van der Waals surface area contributed by atoms with Crippen molar-refractivity contribution in [1.29, 1.82) is 0 Å². The van der Waals surface area contributed by atoms with Gasteiger partial charge in [0.05, 0.1) is 23.4 Å². The van der Waals surface area contributed by atoms with Gasteiger partial charge in [0.1, 0.15) is 5.75 Å². The number of amides is 1. The van der Waals surface area contributed by atoms with Crippen molar-refractivity contribution in [3.05, 3.63) is 77.9 Å². The second kappa shape index (κ2) is 8.87. The lowest BCUT2D eigenvalue weighted by molar-refractivity contribution is -0.124. The maximum absolute atomic E-state index is 13.0. The van der Waals surface area contributed by atoms with Gasteiger partial charge in [-0.15, -0.1) is 16.4 Å². The Morgan fingerprint density at radius 3 is 2.61 bits per heavy atom. The fourth-order valence-electron chi connectivity index (χ4n) is 3.75. The van der Waals surface area contributed by atoms with Gasteiger partial charge in [0, 0.05) is 13.0 Å². The van der Waals surface area contributed by atoms with E-state index in [1.165, 1.54) is 11.3 Å². The van der Waals surface area contributed by atoms with Crippen LogP contribution < -0.4 is 9.64 Å². The molecule has 3 heterocycles. The van der Waals surface area contributed by atoms with Crippen LogP contribution in [0.1, 0.15) is 17.0 Å². The molecule has 0 aliphatic carbocycles. The molecule has 1 aliphatic heterocycles. The van der Waals surface area contributed by atoms with Gasteiger partial charge in [-0.25, -0.2) is 9.48 Å². The highest BCUT2D eigenvalue weighted by Crippen LogP contribution is 2.32. The Hall–Kier alpha value is -3.98. The molecule has 2 aromatic carbocycles. The highest BCUT2D eigenvalue weighted by atomic mass is 32.1. The number of hydrogen-bond acceptors (Lipinski definition) is 7.